The zero-order chi connectivity index (χ0) is 20.1. The van der Waals surface area contributed by atoms with Gasteiger partial charge in [-0.2, -0.15) is 0 Å². The highest BCUT2D eigenvalue weighted by atomic mass is 16.5. The van der Waals surface area contributed by atoms with Gasteiger partial charge in [0.1, 0.15) is 23.5 Å². The maximum absolute atomic E-state index is 11.5. The molecule has 3 aliphatic rings. The number of anilines is 1. The number of rotatable bonds is 4. The topological polar surface area (TPSA) is 92.3 Å². The lowest BCUT2D eigenvalue weighted by Crippen LogP contribution is -2.51. The van der Waals surface area contributed by atoms with Gasteiger partial charge in [0.25, 0.3) is 0 Å². The van der Waals surface area contributed by atoms with E-state index in [1.807, 2.05) is 18.2 Å². The Morgan fingerprint density at radius 3 is 2.80 bits per heavy atom. The minimum absolute atomic E-state index is 0.108. The molecular formula is C23H26N4O3. The molecule has 3 N–H and O–H groups in total. The lowest BCUT2D eigenvalue weighted by Gasteiger charge is -2.45. The number of nitrogens with zero attached hydrogens (tertiary/aromatic N) is 2. The molecule has 3 aromatic rings. The third-order valence-electron chi connectivity index (χ3n) is 6.88. The summed E-state index contributed by atoms with van der Waals surface area (Å²) in [7, 11) is 0. The lowest BCUT2D eigenvalue weighted by atomic mass is 9.74. The Morgan fingerprint density at radius 2 is 1.97 bits per heavy atom. The van der Waals surface area contributed by atoms with Gasteiger partial charge in [-0.05, 0) is 30.9 Å². The summed E-state index contributed by atoms with van der Waals surface area (Å²) in [5.74, 6) is 2.17. The van der Waals surface area contributed by atoms with Crippen LogP contribution in [0.3, 0.4) is 0 Å². The van der Waals surface area contributed by atoms with Crippen LogP contribution in [0.5, 0.6) is 5.75 Å². The van der Waals surface area contributed by atoms with Crippen molar-refractivity contribution in [1.82, 2.24) is 15.0 Å². The largest absolute Gasteiger partial charge is 0.493 e. The molecule has 1 saturated carbocycles. The van der Waals surface area contributed by atoms with Crippen molar-refractivity contribution in [2.75, 3.05) is 25.1 Å². The quantitative estimate of drug-likeness (QED) is 0.614. The Balaban J connectivity index is 1.41. The minimum atomic E-state index is -0.840. The number of para-hydroxylation sites is 1. The fourth-order valence-corrected chi connectivity index (χ4v) is 4.94. The Morgan fingerprint density at radius 1 is 1.13 bits per heavy atom. The number of nitrogens with one attached hydrogen (secondary N) is 2. The first-order valence-corrected chi connectivity index (χ1v) is 10.8. The van der Waals surface area contributed by atoms with Crippen LogP contribution in [0.15, 0.2) is 36.7 Å². The van der Waals surface area contributed by atoms with E-state index in [-0.39, 0.29) is 12.0 Å². The van der Waals surface area contributed by atoms with E-state index < -0.39 is 5.60 Å². The number of ether oxygens (including phenoxy) is 2. The molecule has 1 aliphatic carbocycles. The first kappa shape index (κ1) is 18.2. The molecule has 156 valence electrons. The fourth-order valence-electron chi connectivity index (χ4n) is 4.94. The van der Waals surface area contributed by atoms with E-state index in [1.54, 1.807) is 6.33 Å². The fraction of sp³-hybridized carbons (Fsp3) is 0.478. The molecule has 0 amide bonds. The standard InChI is InChI=1S/C23H26N4O3/c28-23(7-9-29-10-8-23)17-12-30-19-4-2-1-3-15(19)20(17)27-22-16-11-18(14-5-6-14)26-21(16)24-13-25-22/h1-4,11,13-14,17,20,28H,5-10,12H2,(H2,24,25,26,27)/t17-,20-/m0/s1. The van der Waals surface area contributed by atoms with Gasteiger partial charge >= 0.3 is 0 Å². The van der Waals surface area contributed by atoms with E-state index in [2.05, 4.69) is 32.4 Å². The van der Waals surface area contributed by atoms with Crippen LogP contribution in [0.25, 0.3) is 11.0 Å². The first-order chi connectivity index (χ1) is 14.7. The monoisotopic (exact) mass is 406 g/mol. The molecule has 0 unspecified atom stereocenters. The second kappa shape index (κ2) is 6.96. The number of fused-ring (bicyclic) bond motifs is 2. The highest BCUT2D eigenvalue weighted by molar-refractivity contribution is 5.88. The highest BCUT2D eigenvalue weighted by Crippen LogP contribution is 2.46. The normalized spacial score (nSPS) is 25.5. The summed E-state index contributed by atoms with van der Waals surface area (Å²) in [6.07, 6.45) is 5.27. The van der Waals surface area contributed by atoms with Crippen LogP contribution in [0.2, 0.25) is 0 Å². The van der Waals surface area contributed by atoms with Gasteiger partial charge in [-0.1, -0.05) is 18.2 Å². The molecule has 0 radical (unpaired) electrons. The van der Waals surface area contributed by atoms with Crippen LogP contribution >= 0.6 is 0 Å². The van der Waals surface area contributed by atoms with Crippen LogP contribution in [0, 0.1) is 5.92 Å². The molecule has 2 aliphatic heterocycles. The number of aromatic amines is 1. The maximum Gasteiger partial charge on any atom is 0.143 e. The molecule has 1 aromatic carbocycles. The smallest absolute Gasteiger partial charge is 0.143 e. The van der Waals surface area contributed by atoms with Gasteiger partial charge in [0, 0.05) is 43.2 Å². The zero-order valence-electron chi connectivity index (χ0n) is 16.8. The molecule has 4 heterocycles. The highest BCUT2D eigenvalue weighted by Gasteiger charge is 2.46. The van der Waals surface area contributed by atoms with Crippen LogP contribution in [0.4, 0.5) is 5.82 Å². The van der Waals surface area contributed by atoms with E-state index in [0.29, 0.717) is 38.6 Å². The van der Waals surface area contributed by atoms with Gasteiger partial charge in [-0.25, -0.2) is 9.97 Å². The Kier molecular flexibility index (Phi) is 4.21. The average molecular weight is 406 g/mol. The molecule has 2 aromatic heterocycles. The maximum atomic E-state index is 11.5. The second-order valence-corrected chi connectivity index (χ2v) is 8.78. The Bertz CT molecular complexity index is 1070. The van der Waals surface area contributed by atoms with Gasteiger partial charge in [-0.15, -0.1) is 0 Å². The minimum Gasteiger partial charge on any atom is -0.493 e. The molecule has 2 atom stereocenters. The molecule has 0 bridgehead atoms. The summed E-state index contributed by atoms with van der Waals surface area (Å²) in [6, 6.07) is 10.1. The number of H-pyrrole nitrogens is 1. The summed E-state index contributed by atoms with van der Waals surface area (Å²) in [4.78, 5) is 12.5. The Hall–Kier alpha value is -2.64. The number of benzene rings is 1. The molecule has 30 heavy (non-hydrogen) atoms. The zero-order valence-corrected chi connectivity index (χ0v) is 16.8. The average Bonchev–Trinajstić information content (AvgIpc) is 3.53. The summed E-state index contributed by atoms with van der Waals surface area (Å²) < 4.78 is 11.6. The second-order valence-electron chi connectivity index (χ2n) is 8.78. The van der Waals surface area contributed by atoms with E-state index in [1.165, 1.54) is 18.5 Å². The van der Waals surface area contributed by atoms with E-state index >= 15 is 0 Å². The van der Waals surface area contributed by atoms with Crippen molar-refractivity contribution in [2.45, 2.75) is 43.2 Å². The summed E-state index contributed by atoms with van der Waals surface area (Å²) in [5, 5.41) is 16.2. The molecule has 6 rings (SSSR count). The lowest BCUT2D eigenvalue weighted by molar-refractivity contribution is -0.116. The van der Waals surface area contributed by atoms with Crippen LogP contribution in [-0.2, 0) is 4.74 Å². The van der Waals surface area contributed by atoms with Gasteiger partial charge < -0.3 is 24.9 Å². The number of hydrogen-bond donors (Lipinski definition) is 3. The summed E-state index contributed by atoms with van der Waals surface area (Å²) >= 11 is 0. The van der Waals surface area contributed by atoms with Crippen molar-refractivity contribution in [3.05, 3.63) is 47.9 Å². The van der Waals surface area contributed by atoms with Crippen LogP contribution in [-0.4, -0.2) is 45.5 Å². The van der Waals surface area contributed by atoms with Crippen molar-refractivity contribution >= 4 is 16.9 Å². The van der Waals surface area contributed by atoms with Crippen molar-refractivity contribution in [3.63, 3.8) is 0 Å². The van der Waals surface area contributed by atoms with E-state index in [4.69, 9.17) is 9.47 Å². The van der Waals surface area contributed by atoms with Crippen LogP contribution < -0.4 is 10.1 Å². The number of aromatic nitrogens is 3. The SMILES string of the molecule is OC1([C@H]2COc3ccccc3[C@@H]2Nc2ncnc3[nH]c(C4CC4)cc23)CCOCC1. The number of aliphatic hydroxyl groups is 1. The van der Waals surface area contributed by atoms with Crippen molar-refractivity contribution in [2.24, 2.45) is 5.92 Å². The molecule has 7 nitrogen and oxygen atoms in total. The van der Waals surface area contributed by atoms with Gasteiger partial charge in [0.2, 0.25) is 0 Å². The molecule has 0 spiro atoms. The Labute approximate surface area is 174 Å². The molecule has 7 heteroatoms. The van der Waals surface area contributed by atoms with Crippen molar-refractivity contribution in [1.29, 1.82) is 0 Å². The third-order valence-corrected chi connectivity index (χ3v) is 6.88. The van der Waals surface area contributed by atoms with Crippen LogP contribution in [0.1, 0.15) is 48.9 Å². The van der Waals surface area contributed by atoms with E-state index in [0.717, 1.165) is 28.2 Å². The first-order valence-electron chi connectivity index (χ1n) is 10.8. The summed E-state index contributed by atoms with van der Waals surface area (Å²) in [5.41, 5.74) is 2.31. The molecular weight excluding hydrogens is 380 g/mol. The van der Waals surface area contributed by atoms with Gasteiger partial charge in [0.05, 0.1) is 23.6 Å². The van der Waals surface area contributed by atoms with Crippen molar-refractivity contribution < 1.29 is 14.6 Å². The number of hydrogen-bond acceptors (Lipinski definition) is 6. The predicted octanol–water partition coefficient (Wildman–Crippen LogP) is 3.54. The van der Waals surface area contributed by atoms with Gasteiger partial charge in [-0.3, -0.25) is 0 Å². The predicted molar refractivity (Wildman–Crippen MR) is 113 cm³/mol. The molecule has 2 fully saturated rings. The summed E-state index contributed by atoms with van der Waals surface area (Å²) in [6.45, 7) is 1.60. The van der Waals surface area contributed by atoms with Crippen molar-refractivity contribution in [3.8, 4) is 5.75 Å². The van der Waals surface area contributed by atoms with E-state index in [9.17, 15) is 5.11 Å². The molecule has 1 saturated heterocycles. The third kappa shape index (κ3) is 3.04. The van der Waals surface area contributed by atoms with Gasteiger partial charge in [0.15, 0.2) is 0 Å².